The molecule has 0 saturated heterocycles. The Bertz CT molecular complexity index is 62.6. The molecule has 0 atom stereocenters. The molecule has 0 amide bonds. The first-order valence-corrected chi connectivity index (χ1v) is 3.17. The maximum absolute atomic E-state index is 3.68. The molecule has 0 saturated carbocycles. The third kappa shape index (κ3) is 58.8. The standard InChI is InChI=1S/C6H11.C3H5.BrH.Mg/c1-3-5-6-4-2;1-3-2;;/h3H,1-2,4-6H2;1H2,2H3;1H;/q2*-1;;+2. The Morgan fingerprint density at radius 1 is 1.55 bits per heavy atom. The second-order valence-corrected chi connectivity index (χ2v) is 1.64. The first kappa shape index (κ1) is 22.6. The van der Waals surface area contributed by atoms with Gasteiger partial charge in [-0.1, -0.05) is 12.5 Å². The van der Waals surface area contributed by atoms with Gasteiger partial charge in [-0.3, -0.25) is 6.58 Å². The molecular weight excluding hydrogens is 212 g/mol. The summed E-state index contributed by atoms with van der Waals surface area (Å²) in [5.74, 6) is 0. The molecule has 0 radical (unpaired) electrons. The van der Waals surface area contributed by atoms with Crippen LogP contribution in [0.3, 0.4) is 0 Å². The van der Waals surface area contributed by atoms with Crippen LogP contribution in [0.5, 0.6) is 0 Å². The van der Waals surface area contributed by atoms with Gasteiger partial charge in [0.15, 0.2) is 0 Å². The maximum Gasteiger partial charge on any atom is 2.00 e. The van der Waals surface area contributed by atoms with Gasteiger partial charge in [0.1, 0.15) is 0 Å². The van der Waals surface area contributed by atoms with Gasteiger partial charge in [0, 0.05) is 0 Å². The van der Waals surface area contributed by atoms with E-state index in [1.54, 1.807) is 6.92 Å². The van der Waals surface area contributed by atoms with Crippen LogP contribution in [0, 0.1) is 13.0 Å². The Morgan fingerprint density at radius 2 is 1.91 bits per heavy atom. The Balaban J connectivity index is -0.0000000437. The van der Waals surface area contributed by atoms with Crippen molar-refractivity contribution in [2.75, 3.05) is 0 Å². The van der Waals surface area contributed by atoms with E-state index in [4.69, 9.17) is 0 Å². The van der Waals surface area contributed by atoms with E-state index < -0.39 is 0 Å². The van der Waals surface area contributed by atoms with Crippen LogP contribution in [-0.4, -0.2) is 23.1 Å². The second kappa shape index (κ2) is 30.9. The zero-order valence-electron chi connectivity index (χ0n) is 7.44. The zero-order chi connectivity index (χ0) is 7.54. The molecule has 0 spiro atoms. The van der Waals surface area contributed by atoms with Crippen molar-refractivity contribution >= 4 is 40.0 Å². The minimum absolute atomic E-state index is 0. The Labute approximate surface area is 98.1 Å². The molecule has 0 aliphatic rings. The number of hydrogen-bond acceptors (Lipinski definition) is 0. The average Bonchev–Trinajstić information content (AvgIpc) is 1.86. The van der Waals surface area contributed by atoms with E-state index in [1.165, 1.54) is 6.42 Å². The second-order valence-electron chi connectivity index (χ2n) is 1.64. The van der Waals surface area contributed by atoms with E-state index in [1.807, 2.05) is 6.08 Å². The van der Waals surface area contributed by atoms with E-state index in [9.17, 15) is 0 Å². The summed E-state index contributed by atoms with van der Waals surface area (Å²) in [5, 5.41) is 0. The Morgan fingerprint density at radius 3 is 2.00 bits per heavy atom. The van der Waals surface area contributed by atoms with Crippen molar-refractivity contribution in [1.29, 1.82) is 0 Å². The molecule has 0 rings (SSSR count). The van der Waals surface area contributed by atoms with Crippen molar-refractivity contribution in [3.63, 3.8) is 0 Å². The normalized spacial score (nSPS) is 5.64. The van der Waals surface area contributed by atoms with E-state index in [0.717, 1.165) is 12.8 Å². The molecule has 0 unspecified atom stereocenters. The van der Waals surface area contributed by atoms with Crippen LogP contribution >= 0.6 is 17.0 Å². The molecule has 0 N–H and O–H groups in total. The maximum atomic E-state index is 3.68. The summed E-state index contributed by atoms with van der Waals surface area (Å²) in [5.41, 5.74) is 0. The van der Waals surface area contributed by atoms with Crippen LogP contribution in [0.1, 0.15) is 26.2 Å². The molecule has 0 aromatic carbocycles. The quantitative estimate of drug-likeness (QED) is 0.301. The summed E-state index contributed by atoms with van der Waals surface area (Å²) < 4.78 is 0. The predicted octanol–water partition coefficient (Wildman–Crippen LogP) is 3.37. The molecule has 0 aromatic heterocycles. The number of rotatable bonds is 3. The van der Waals surface area contributed by atoms with E-state index in [-0.39, 0.29) is 40.0 Å². The molecule has 11 heavy (non-hydrogen) atoms. The number of unbranched alkanes of at least 4 members (excludes halogenated alkanes) is 2. The summed E-state index contributed by atoms with van der Waals surface area (Å²) in [7, 11) is 0. The van der Waals surface area contributed by atoms with Gasteiger partial charge in [0.2, 0.25) is 0 Å². The first-order chi connectivity index (χ1) is 4.33. The monoisotopic (exact) mass is 228 g/mol. The van der Waals surface area contributed by atoms with Crippen molar-refractivity contribution in [3.05, 3.63) is 32.2 Å². The van der Waals surface area contributed by atoms with Gasteiger partial charge in [-0.2, -0.15) is 13.3 Å². The fraction of sp³-hybridized carbons (Fsp3) is 0.444. The van der Waals surface area contributed by atoms with Gasteiger partial charge in [-0.05, 0) is 6.42 Å². The first-order valence-electron chi connectivity index (χ1n) is 3.17. The largest absolute Gasteiger partial charge is 2.00 e. The van der Waals surface area contributed by atoms with Crippen molar-refractivity contribution in [1.82, 2.24) is 0 Å². The zero-order valence-corrected chi connectivity index (χ0v) is 10.6. The fourth-order valence-electron chi connectivity index (χ4n) is 0.289. The summed E-state index contributed by atoms with van der Waals surface area (Å²) in [6.45, 7) is 12.2. The van der Waals surface area contributed by atoms with E-state index in [0.29, 0.717) is 0 Å². The van der Waals surface area contributed by atoms with Gasteiger partial charge >= 0.3 is 23.1 Å². The van der Waals surface area contributed by atoms with Crippen molar-refractivity contribution in [2.24, 2.45) is 0 Å². The van der Waals surface area contributed by atoms with Crippen LogP contribution in [0.25, 0.3) is 0 Å². The van der Waals surface area contributed by atoms with Gasteiger partial charge < -0.3 is 13.0 Å². The van der Waals surface area contributed by atoms with Crippen LogP contribution in [0.2, 0.25) is 0 Å². The number of hydrogen-bond donors (Lipinski definition) is 0. The van der Waals surface area contributed by atoms with Crippen molar-refractivity contribution < 1.29 is 0 Å². The van der Waals surface area contributed by atoms with Crippen LogP contribution in [0.15, 0.2) is 19.2 Å². The Hall–Kier alpha value is 0.726. The van der Waals surface area contributed by atoms with E-state index >= 15 is 0 Å². The fourth-order valence-corrected chi connectivity index (χ4v) is 0.289. The van der Waals surface area contributed by atoms with Gasteiger partial charge in [0.25, 0.3) is 0 Å². The molecule has 0 nitrogen and oxygen atoms in total. The summed E-state index contributed by atoms with van der Waals surface area (Å²) in [6.07, 6.45) is 7.75. The summed E-state index contributed by atoms with van der Waals surface area (Å²) in [4.78, 5) is 0. The topological polar surface area (TPSA) is 0 Å². The van der Waals surface area contributed by atoms with Gasteiger partial charge in [-0.25, -0.2) is 0 Å². The van der Waals surface area contributed by atoms with Gasteiger partial charge in [0.05, 0.1) is 0 Å². The van der Waals surface area contributed by atoms with Crippen molar-refractivity contribution in [2.45, 2.75) is 26.2 Å². The summed E-state index contributed by atoms with van der Waals surface area (Å²) in [6, 6.07) is 0. The third-order valence-corrected chi connectivity index (χ3v) is 0.658. The van der Waals surface area contributed by atoms with Crippen LogP contribution in [0.4, 0.5) is 0 Å². The minimum Gasteiger partial charge on any atom is -0.507 e. The number of halogens is 1. The molecule has 62 valence electrons. The molecule has 0 heterocycles. The molecule has 0 fully saturated rings. The Kier molecular flexibility index (Phi) is 63.6. The third-order valence-electron chi connectivity index (χ3n) is 0.658. The van der Waals surface area contributed by atoms with Crippen molar-refractivity contribution in [3.8, 4) is 0 Å². The minimum atomic E-state index is 0. The SMILES string of the molecule is Br.C=CCCC[CH2-].C=[C-]C.[Mg+2]. The summed E-state index contributed by atoms with van der Waals surface area (Å²) >= 11 is 0. The van der Waals surface area contributed by atoms with Crippen LogP contribution in [-0.2, 0) is 0 Å². The molecule has 0 aromatic rings. The number of allylic oxidation sites excluding steroid dienone is 2. The van der Waals surface area contributed by atoms with Gasteiger partial charge in [-0.15, -0.1) is 23.6 Å². The molecule has 2 heteroatoms. The van der Waals surface area contributed by atoms with Crippen LogP contribution < -0.4 is 0 Å². The molecule has 0 aliphatic carbocycles. The molecule has 0 bridgehead atoms. The van der Waals surface area contributed by atoms with E-state index in [2.05, 4.69) is 26.2 Å². The molecule has 0 aliphatic heterocycles. The average molecular weight is 229 g/mol. The smallest absolute Gasteiger partial charge is 0.507 e. The predicted molar refractivity (Wildman–Crippen MR) is 60.0 cm³/mol. The molecular formula is C9H17BrMg.